The first-order valence-electron chi connectivity index (χ1n) is 8.67. The van der Waals surface area contributed by atoms with Gasteiger partial charge in [0.25, 0.3) is 0 Å². The number of aliphatic hydroxyl groups excluding tert-OH is 1. The summed E-state index contributed by atoms with van der Waals surface area (Å²) >= 11 is 0. The summed E-state index contributed by atoms with van der Waals surface area (Å²) in [5.74, 6) is -1.89. The van der Waals surface area contributed by atoms with E-state index in [-0.39, 0.29) is 18.9 Å². The number of amides is 1. The average Bonchev–Trinajstić information content (AvgIpc) is 2.62. The first-order valence-corrected chi connectivity index (χ1v) is 8.67. The highest BCUT2D eigenvalue weighted by Gasteiger charge is 2.26. The molecule has 1 atom stereocenters. The molecule has 2 rings (SSSR count). The first kappa shape index (κ1) is 19.4. The number of benzene rings is 1. The molecule has 1 aliphatic heterocycles. The van der Waals surface area contributed by atoms with E-state index in [0.29, 0.717) is 19.6 Å². The molecule has 0 bridgehead atoms. The number of carbonyl (C=O) groups excluding carboxylic acids is 1. The molecular weight excluding hydrogens is 322 g/mol. The molecule has 1 heterocycles. The van der Waals surface area contributed by atoms with E-state index < -0.39 is 11.9 Å². The van der Waals surface area contributed by atoms with Gasteiger partial charge in [0.2, 0.25) is 5.91 Å². The minimum Gasteiger partial charge on any atom is -0.481 e. The van der Waals surface area contributed by atoms with Gasteiger partial charge < -0.3 is 15.5 Å². The highest BCUT2D eigenvalue weighted by Crippen LogP contribution is 2.10. The summed E-state index contributed by atoms with van der Waals surface area (Å²) in [5, 5.41) is 21.2. The number of β-amino-alcohol motifs (C(OH)–C–C–N with tert-alkyl or cyclic N) is 1. The summed E-state index contributed by atoms with van der Waals surface area (Å²) in [4.78, 5) is 27.8. The predicted molar refractivity (Wildman–Crippen MR) is 94.0 cm³/mol. The third-order valence-electron chi connectivity index (χ3n) is 4.47. The Balaban J connectivity index is 1.76. The molecule has 7 nitrogen and oxygen atoms in total. The van der Waals surface area contributed by atoms with Crippen LogP contribution >= 0.6 is 0 Å². The van der Waals surface area contributed by atoms with E-state index in [1.54, 1.807) is 0 Å². The lowest BCUT2D eigenvalue weighted by atomic mass is 10.0. The largest absolute Gasteiger partial charge is 0.481 e. The smallest absolute Gasteiger partial charge is 0.308 e. The summed E-state index contributed by atoms with van der Waals surface area (Å²) in [6, 6.07) is 9.55. The topological polar surface area (TPSA) is 93.1 Å². The van der Waals surface area contributed by atoms with Gasteiger partial charge in [0.05, 0.1) is 12.5 Å². The van der Waals surface area contributed by atoms with Crippen LogP contribution in [0.5, 0.6) is 0 Å². The van der Waals surface area contributed by atoms with Gasteiger partial charge in [-0.3, -0.25) is 19.4 Å². The number of aliphatic carboxylic acids is 1. The summed E-state index contributed by atoms with van der Waals surface area (Å²) < 4.78 is 0. The number of hydrogen-bond acceptors (Lipinski definition) is 5. The number of hydrogen-bond donors (Lipinski definition) is 3. The Morgan fingerprint density at radius 3 is 2.32 bits per heavy atom. The van der Waals surface area contributed by atoms with Crippen molar-refractivity contribution in [3.63, 3.8) is 0 Å². The van der Waals surface area contributed by atoms with E-state index in [1.807, 2.05) is 30.3 Å². The van der Waals surface area contributed by atoms with Crippen molar-refractivity contribution in [2.45, 2.75) is 13.0 Å². The molecule has 0 radical (unpaired) electrons. The molecule has 0 saturated carbocycles. The Morgan fingerprint density at radius 1 is 1.08 bits per heavy atom. The molecule has 0 spiro atoms. The van der Waals surface area contributed by atoms with Crippen molar-refractivity contribution in [2.24, 2.45) is 5.92 Å². The SMILES string of the molecule is O=C(C[C@@H](CN1CCN(CCO)CC1)C(=O)O)NCc1ccccc1. The second kappa shape index (κ2) is 10.1. The molecule has 1 saturated heterocycles. The van der Waals surface area contributed by atoms with Crippen LogP contribution in [0.2, 0.25) is 0 Å². The van der Waals surface area contributed by atoms with E-state index in [9.17, 15) is 14.7 Å². The number of carboxylic acid groups (broad SMARTS) is 1. The van der Waals surface area contributed by atoms with Crippen LogP contribution in [0.4, 0.5) is 0 Å². The van der Waals surface area contributed by atoms with Crippen LogP contribution in [0.1, 0.15) is 12.0 Å². The predicted octanol–water partition coefficient (Wildman–Crippen LogP) is 0.00360. The van der Waals surface area contributed by atoms with Gasteiger partial charge in [0, 0.05) is 52.2 Å². The molecule has 1 fully saturated rings. The summed E-state index contributed by atoms with van der Waals surface area (Å²) in [6.45, 7) is 4.72. The van der Waals surface area contributed by atoms with Gasteiger partial charge >= 0.3 is 5.97 Å². The second-order valence-electron chi connectivity index (χ2n) is 6.37. The van der Waals surface area contributed by atoms with Crippen molar-refractivity contribution in [3.8, 4) is 0 Å². The Kier molecular flexibility index (Phi) is 7.84. The monoisotopic (exact) mass is 349 g/mol. The normalized spacial score (nSPS) is 17.2. The van der Waals surface area contributed by atoms with Gasteiger partial charge in [-0.1, -0.05) is 30.3 Å². The van der Waals surface area contributed by atoms with Gasteiger partial charge in [-0.05, 0) is 5.56 Å². The fourth-order valence-electron chi connectivity index (χ4n) is 2.97. The van der Waals surface area contributed by atoms with E-state index >= 15 is 0 Å². The zero-order chi connectivity index (χ0) is 18.1. The van der Waals surface area contributed by atoms with Crippen molar-refractivity contribution in [3.05, 3.63) is 35.9 Å². The molecular formula is C18H27N3O4. The van der Waals surface area contributed by atoms with Crippen LogP contribution < -0.4 is 5.32 Å². The maximum atomic E-state index is 12.1. The fraction of sp³-hybridized carbons (Fsp3) is 0.556. The standard InChI is InChI=1S/C18H27N3O4/c22-11-10-20-6-8-21(9-7-20)14-16(18(24)25)12-17(23)19-13-15-4-2-1-3-5-15/h1-5,16,22H,6-14H2,(H,19,23)(H,24,25)/t16-/m0/s1. The molecule has 0 aromatic heterocycles. The molecule has 1 aromatic carbocycles. The van der Waals surface area contributed by atoms with Crippen molar-refractivity contribution in [1.82, 2.24) is 15.1 Å². The maximum Gasteiger partial charge on any atom is 0.308 e. The van der Waals surface area contributed by atoms with E-state index in [4.69, 9.17) is 5.11 Å². The van der Waals surface area contributed by atoms with Gasteiger partial charge in [-0.2, -0.15) is 0 Å². The number of aliphatic hydroxyl groups is 1. The highest BCUT2D eigenvalue weighted by molar-refractivity contribution is 5.82. The van der Waals surface area contributed by atoms with Crippen LogP contribution in [-0.4, -0.2) is 77.8 Å². The summed E-state index contributed by atoms with van der Waals surface area (Å²) in [7, 11) is 0. The van der Waals surface area contributed by atoms with Gasteiger partial charge in [-0.15, -0.1) is 0 Å². The number of nitrogens with zero attached hydrogens (tertiary/aromatic N) is 2. The minimum absolute atomic E-state index is 0.0149. The Bertz CT molecular complexity index is 545. The fourth-order valence-corrected chi connectivity index (χ4v) is 2.97. The van der Waals surface area contributed by atoms with Crippen LogP contribution in [0.25, 0.3) is 0 Å². The molecule has 0 unspecified atom stereocenters. The quantitative estimate of drug-likeness (QED) is 0.581. The third kappa shape index (κ3) is 6.81. The Morgan fingerprint density at radius 2 is 1.72 bits per heavy atom. The summed E-state index contributed by atoms with van der Waals surface area (Å²) in [5.41, 5.74) is 0.989. The Labute approximate surface area is 148 Å². The minimum atomic E-state index is -0.937. The van der Waals surface area contributed by atoms with Gasteiger partial charge in [0.1, 0.15) is 0 Å². The van der Waals surface area contributed by atoms with E-state index in [0.717, 1.165) is 31.7 Å². The van der Waals surface area contributed by atoms with Crippen LogP contribution in [0.15, 0.2) is 30.3 Å². The lowest BCUT2D eigenvalue weighted by Crippen LogP contribution is -2.49. The van der Waals surface area contributed by atoms with Crippen molar-refractivity contribution in [1.29, 1.82) is 0 Å². The molecule has 25 heavy (non-hydrogen) atoms. The number of piperazine rings is 1. The van der Waals surface area contributed by atoms with Crippen molar-refractivity contribution in [2.75, 3.05) is 45.9 Å². The van der Waals surface area contributed by atoms with Crippen LogP contribution in [-0.2, 0) is 16.1 Å². The van der Waals surface area contributed by atoms with Crippen molar-refractivity contribution >= 4 is 11.9 Å². The van der Waals surface area contributed by atoms with Gasteiger partial charge in [0.15, 0.2) is 0 Å². The number of carbonyl (C=O) groups is 2. The number of rotatable bonds is 9. The molecule has 3 N–H and O–H groups in total. The number of nitrogens with one attached hydrogen (secondary N) is 1. The zero-order valence-corrected chi connectivity index (χ0v) is 14.4. The second-order valence-corrected chi connectivity index (χ2v) is 6.37. The summed E-state index contributed by atoms with van der Waals surface area (Å²) in [6.07, 6.45) is -0.0149. The zero-order valence-electron chi connectivity index (χ0n) is 14.4. The molecule has 138 valence electrons. The van der Waals surface area contributed by atoms with Gasteiger partial charge in [-0.25, -0.2) is 0 Å². The van der Waals surface area contributed by atoms with Crippen LogP contribution in [0, 0.1) is 5.92 Å². The number of carboxylic acids is 1. The third-order valence-corrected chi connectivity index (χ3v) is 4.47. The average molecular weight is 349 g/mol. The molecule has 0 aliphatic carbocycles. The lowest BCUT2D eigenvalue weighted by Gasteiger charge is -2.35. The maximum absolute atomic E-state index is 12.1. The molecule has 1 aromatic rings. The van der Waals surface area contributed by atoms with E-state index in [2.05, 4.69) is 15.1 Å². The van der Waals surface area contributed by atoms with Crippen molar-refractivity contribution < 1.29 is 19.8 Å². The van der Waals surface area contributed by atoms with E-state index in [1.165, 1.54) is 0 Å². The molecule has 1 amide bonds. The molecule has 1 aliphatic rings. The van der Waals surface area contributed by atoms with Crippen LogP contribution in [0.3, 0.4) is 0 Å². The highest BCUT2D eigenvalue weighted by atomic mass is 16.4. The lowest BCUT2D eigenvalue weighted by molar-refractivity contribution is -0.145. The molecule has 7 heteroatoms. The Hall–Kier alpha value is -1.96. The first-order chi connectivity index (χ1) is 12.1.